The van der Waals surface area contributed by atoms with Crippen molar-refractivity contribution >= 4 is 5.91 Å². The zero-order chi connectivity index (χ0) is 13.8. The van der Waals surface area contributed by atoms with Crippen LogP contribution in [-0.2, 0) is 4.79 Å². The van der Waals surface area contributed by atoms with Crippen molar-refractivity contribution in [2.45, 2.75) is 77.3 Å². The third kappa shape index (κ3) is 3.31. The molecule has 1 aliphatic heterocycles. The number of carbonyl (C=O) groups is 1. The van der Waals surface area contributed by atoms with Crippen LogP contribution in [-0.4, -0.2) is 29.4 Å². The predicted molar refractivity (Wildman–Crippen MR) is 78.7 cm³/mol. The molecule has 1 saturated carbocycles. The predicted octanol–water partition coefficient (Wildman–Crippen LogP) is 2.93. The molecule has 0 aromatic heterocycles. The second-order valence-corrected chi connectivity index (χ2v) is 6.56. The molecule has 1 amide bonds. The summed E-state index contributed by atoms with van der Waals surface area (Å²) in [4.78, 5) is 14.7. The molecule has 1 saturated heterocycles. The number of likely N-dealkylation sites (tertiary alicyclic amines) is 1. The van der Waals surface area contributed by atoms with Crippen LogP contribution in [0.4, 0.5) is 0 Å². The van der Waals surface area contributed by atoms with Crippen LogP contribution in [0.1, 0.15) is 65.2 Å². The van der Waals surface area contributed by atoms with Gasteiger partial charge in [-0.3, -0.25) is 4.79 Å². The Morgan fingerprint density at radius 1 is 1.32 bits per heavy atom. The summed E-state index contributed by atoms with van der Waals surface area (Å²) in [5, 5.41) is 0. The minimum absolute atomic E-state index is 0.220. The fraction of sp³-hybridized carbons (Fsp3) is 0.938. The molecule has 2 aliphatic rings. The molecule has 0 spiro atoms. The van der Waals surface area contributed by atoms with Gasteiger partial charge in [0.25, 0.3) is 0 Å². The average molecular weight is 266 g/mol. The van der Waals surface area contributed by atoms with E-state index in [-0.39, 0.29) is 11.9 Å². The van der Waals surface area contributed by atoms with E-state index in [1.807, 2.05) is 0 Å². The largest absolute Gasteiger partial charge is 0.338 e. The molecule has 0 aromatic carbocycles. The Balaban J connectivity index is 2.00. The standard InChI is InChI=1S/C16H30N2O/c1-3-4-8-14(17)16(19)18-11-10-12(2)13-7-5-6-9-15(13)18/h12-15H,3-11,17H2,1-2H3. The lowest BCUT2D eigenvalue weighted by atomic mass is 9.72. The summed E-state index contributed by atoms with van der Waals surface area (Å²) >= 11 is 0. The van der Waals surface area contributed by atoms with Crippen LogP contribution in [0.15, 0.2) is 0 Å². The number of unbranched alkanes of at least 4 members (excludes halogenated alkanes) is 1. The van der Waals surface area contributed by atoms with Crippen LogP contribution in [0.3, 0.4) is 0 Å². The van der Waals surface area contributed by atoms with Crippen LogP contribution in [0, 0.1) is 11.8 Å². The van der Waals surface area contributed by atoms with Gasteiger partial charge in [-0.15, -0.1) is 0 Å². The van der Waals surface area contributed by atoms with Gasteiger partial charge in [-0.25, -0.2) is 0 Å². The number of carbonyl (C=O) groups excluding carboxylic acids is 1. The Morgan fingerprint density at radius 3 is 2.79 bits per heavy atom. The molecule has 4 unspecified atom stereocenters. The van der Waals surface area contributed by atoms with E-state index in [1.165, 1.54) is 25.7 Å². The van der Waals surface area contributed by atoms with Crippen molar-refractivity contribution in [3.63, 3.8) is 0 Å². The first-order valence-corrected chi connectivity index (χ1v) is 8.21. The number of rotatable bonds is 4. The van der Waals surface area contributed by atoms with E-state index >= 15 is 0 Å². The minimum atomic E-state index is -0.268. The Labute approximate surface area is 117 Å². The van der Waals surface area contributed by atoms with E-state index in [1.54, 1.807) is 0 Å². The maximum absolute atomic E-state index is 12.6. The minimum Gasteiger partial charge on any atom is -0.338 e. The third-order valence-electron chi connectivity index (χ3n) is 5.21. The third-order valence-corrected chi connectivity index (χ3v) is 5.21. The van der Waals surface area contributed by atoms with E-state index in [0.29, 0.717) is 6.04 Å². The highest BCUT2D eigenvalue weighted by Gasteiger charge is 2.40. The second kappa shape index (κ2) is 6.74. The van der Waals surface area contributed by atoms with E-state index in [4.69, 9.17) is 5.73 Å². The van der Waals surface area contributed by atoms with Crippen molar-refractivity contribution in [2.75, 3.05) is 6.54 Å². The van der Waals surface area contributed by atoms with Crippen molar-refractivity contribution in [3.8, 4) is 0 Å². The number of hydrogen-bond donors (Lipinski definition) is 1. The Morgan fingerprint density at radius 2 is 2.05 bits per heavy atom. The summed E-state index contributed by atoms with van der Waals surface area (Å²) in [5.74, 6) is 1.73. The lowest BCUT2D eigenvalue weighted by molar-refractivity contribution is -0.140. The van der Waals surface area contributed by atoms with Gasteiger partial charge in [-0.2, -0.15) is 0 Å². The molecule has 4 atom stereocenters. The Bertz CT molecular complexity index is 305. The van der Waals surface area contributed by atoms with E-state index < -0.39 is 0 Å². The molecule has 0 aromatic rings. The first kappa shape index (κ1) is 14.8. The highest BCUT2D eigenvalue weighted by molar-refractivity contribution is 5.82. The molecule has 110 valence electrons. The number of nitrogens with two attached hydrogens (primary N) is 1. The second-order valence-electron chi connectivity index (χ2n) is 6.56. The maximum Gasteiger partial charge on any atom is 0.239 e. The van der Waals surface area contributed by atoms with E-state index in [0.717, 1.165) is 44.1 Å². The van der Waals surface area contributed by atoms with E-state index in [9.17, 15) is 4.79 Å². The fourth-order valence-corrected chi connectivity index (χ4v) is 3.95. The maximum atomic E-state index is 12.6. The van der Waals surface area contributed by atoms with Crippen molar-refractivity contribution in [2.24, 2.45) is 17.6 Å². The number of hydrogen-bond acceptors (Lipinski definition) is 2. The summed E-state index contributed by atoms with van der Waals surface area (Å²) in [6.45, 7) is 5.44. The van der Waals surface area contributed by atoms with Gasteiger partial charge in [0.15, 0.2) is 0 Å². The van der Waals surface area contributed by atoms with E-state index in [2.05, 4.69) is 18.7 Å². The molecule has 3 heteroatoms. The fourth-order valence-electron chi connectivity index (χ4n) is 3.95. The number of nitrogens with zero attached hydrogens (tertiary/aromatic N) is 1. The molecule has 2 N–H and O–H groups in total. The molecular weight excluding hydrogens is 236 g/mol. The Hall–Kier alpha value is -0.570. The number of piperidine rings is 1. The van der Waals surface area contributed by atoms with Crippen LogP contribution < -0.4 is 5.73 Å². The van der Waals surface area contributed by atoms with Gasteiger partial charge in [0.2, 0.25) is 5.91 Å². The number of amides is 1. The molecule has 0 bridgehead atoms. The first-order valence-electron chi connectivity index (χ1n) is 8.21. The molecule has 2 fully saturated rings. The lowest BCUT2D eigenvalue weighted by Gasteiger charge is -2.48. The monoisotopic (exact) mass is 266 g/mol. The molecule has 1 aliphatic carbocycles. The van der Waals surface area contributed by atoms with Gasteiger partial charge < -0.3 is 10.6 Å². The van der Waals surface area contributed by atoms with Crippen molar-refractivity contribution < 1.29 is 4.79 Å². The molecule has 2 rings (SSSR count). The van der Waals surface area contributed by atoms with Gasteiger partial charge in [0.1, 0.15) is 0 Å². The topological polar surface area (TPSA) is 46.3 Å². The Kier molecular flexibility index (Phi) is 5.26. The first-order chi connectivity index (χ1) is 9.15. The highest BCUT2D eigenvalue weighted by atomic mass is 16.2. The van der Waals surface area contributed by atoms with Crippen LogP contribution in [0.5, 0.6) is 0 Å². The van der Waals surface area contributed by atoms with Crippen molar-refractivity contribution in [1.82, 2.24) is 4.90 Å². The molecular formula is C16H30N2O. The van der Waals surface area contributed by atoms with Crippen LogP contribution in [0.2, 0.25) is 0 Å². The molecule has 0 radical (unpaired) electrons. The normalized spacial score (nSPS) is 32.8. The van der Waals surface area contributed by atoms with Crippen LogP contribution >= 0.6 is 0 Å². The average Bonchev–Trinajstić information content (AvgIpc) is 2.45. The zero-order valence-electron chi connectivity index (χ0n) is 12.6. The number of fused-ring (bicyclic) bond motifs is 1. The summed E-state index contributed by atoms with van der Waals surface area (Å²) in [6.07, 6.45) is 9.31. The summed E-state index contributed by atoms with van der Waals surface area (Å²) in [7, 11) is 0. The van der Waals surface area contributed by atoms with Gasteiger partial charge in [0, 0.05) is 12.6 Å². The molecule has 3 nitrogen and oxygen atoms in total. The quantitative estimate of drug-likeness (QED) is 0.850. The lowest BCUT2D eigenvalue weighted by Crippen LogP contribution is -2.56. The smallest absolute Gasteiger partial charge is 0.239 e. The summed E-state index contributed by atoms with van der Waals surface area (Å²) in [5.41, 5.74) is 6.10. The van der Waals surface area contributed by atoms with Gasteiger partial charge >= 0.3 is 0 Å². The van der Waals surface area contributed by atoms with Crippen molar-refractivity contribution in [3.05, 3.63) is 0 Å². The molecule has 19 heavy (non-hydrogen) atoms. The SMILES string of the molecule is CCCCC(N)C(=O)N1CCC(C)C2CCCCC21. The van der Waals surface area contributed by atoms with Gasteiger partial charge in [-0.05, 0) is 37.5 Å². The van der Waals surface area contributed by atoms with Crippen LogP contribution in [0.25, 0.3) is 0 Å². The van der Waals surface area contributed by atoms with Gasteiger partial charge in [-0.1, -0.05) is 39.5 Å². The zero-order valence-corrected chi connectivity index (χ0v) is 12.6. The highest BCUT2D eigenvalue weighted by Crippen LogP contribution is 2.38. The summed E-state index contributed by atoms with van der Waals surface area (Å²) < 4.78 is 0. The van der Waals surface area contributed by atoms with Crippen molar-refractivity contribution in [1.29, 1.82) is 0 Å². The molecule has 1 heterocycles. The summed E-state index contributed by atoms with van der Waals surface area (Å²) in [6, 6.07) is 0.216. The van der Waals surface area contributed by atoms with Gasteiger partial charge in [0.05, 0.1) is 6.04 Å².